The second kappa shape index (κ2) is 9.72. The fourth-order valence-corrected chi connectivity index (χ4v) is 5.91. The Hall–Kier alpha value is -2.24. The average molecular weight is 528 g/mol. The highest BCUT2D eigenvalue weighted by molar-refractivity contribution is 9.10. The van der Waals surface area contributed by atoms with Crippen LogP contribution >= 0.6 is 15.9 Å². The summed E-state index contributed by atoms with van der Waals surface area (Å²) in [5, 5.41) is 9.43. The number of aromatic nitrogens is 2. The number of H-pyrrole nitrogens is 1. The molecule has 11 heteroatoms. The number of nitrogens with one attached hydrogen (secondary N) is 1. The molecular weight excluding hydrogens is 502 g/mol. The first-order valence-corrected chi connectivity index (χ1v) is 12.6. The van der Waals surface area contributed by atoms with Crippen molar-refractivity contribution in [3.63, 3.8) is 0 Å². The number of halogens is 1. The van der Waals surface area contributed by atoms with Crippen LogP contribution in [0.15, 0.2) is 32.4 Å². The molecule has 1 atom stereocenters. The number of ether oxygens (including phenoxy) is 1. The highest BCUT2D eigenvalue weighted by Gasteiger charge is 2.39. The number of sulfonamides is 1. The van der Waals surface area contributed by atoms with E-state index in [2.05, 4.69) is 25.9 Å². The molecule has 0 unspecified atom stereocenters. The van der Waals surface area contributed by atoms with E-state index >= 15 is 0 Å². The van der Waals surface area contributed by atoms with Crippen LogP contribution in [0.5, 0.6) is 5.75 Å². The molecule has 174 valence electrons. The Labute approximate surface area is 195 Å². The van der Waals surface area contributed by atoms with E-state index in [9.17, 15) is 23.1 Å². The van der Waals surface area contributed by atoms with Crippen LogP contribution in [0.3, 0.4) is 0 Å². The van der Waals surface area contributed by atoms with Crippen LogP contribution in [0.4, 0.5) is 0 Å². The van der Waals surface area contributed by atoms with Crippen molar-refractivity contribution in [2.24, 2.45) is 0 Å². The summed E-state index contributed by atoms with van der Waals surface area (Å²) in [5.74, 6) is -0.670. The Bertz CT molecular complexity index is 1180. The zero-order valence-electron chi connectivity index (χ0n) is 18.1. The minimum absolute atomic E-state index is 0.0572. The van der Waals surface area contributed by atoms with Crippen LogP contribution < -0.4 is 10.3 Å². The fraction of sp³-hybridized carbons (Fsp3) is 0.476. The van der Waals surface area contributed by atoms with Crippen molar-refractivity contribution in [1.29, 1.82) is 0 Å². The molecule has 0 aliphatic carbocycles. The molecule has 2 heterocycles. The van der Waals surface area contributed by atoms with Crippen molar-refractivity contribution in [3.05, 3.63) is 38.7 Å². The number of aromatic amines is 1. The van der Waals surface area contributed by atoms with Gasteiger partial charge < -0.3 is 14.8 Å². The maximum Gasteiger partial charge on any atom is 0.322 e. The third kappa shape index (κ3) is 4.74. The van der Waals surface area contributed by atoms with E-state index in [1.54, 1.807) is 0 Å². The predicted octanol–water partition coefficient (Wildman–Crippen LogP) is 3.35. The largest absolute Gasteiger partial charge is 0.493 e. The molecule has 9 nitrogen and oxygen atoms in total. The molecule has 1 saturated heterocycles. The first kappa shape index (κ1) is 24.4. The second-order valence-electron chi connectivity index (χ2n) is 7.89. The van der Waals surface area contributed by atoms with Crippen LogP contribution in [-0.2, 0) is 14.8 Å². The van der Waals surface area contributed by atoms with Gasteiger partial charge in [-0.3, -0.25) is 9.59 Å². The average Bonchev–Trinajstić information content (AvgIpc) is 3.25. The molecule has 32 heavy (non-hydrogen) atoms. The maximum absolute atomic E-state index is 13.3. The van der Waals surface area contributed by atoms with Gasteiger partial charge in [-0.15, -0.1) is 0 Å². The van der Waals surface area contributed by atoms with E-state index < -0.39 is 22.0 Å². The van der Waals surface area contributed by atoms with Gasteiger partial charge >= 0.3 is 5.97 Å². The highest BCUT2D eigenvalue weighted by atomic mass is 79.9. The monoisotopic (exact) mass is 527 g/mol. The molecule has 0 radical (unpaired) electrons. The van der Waals surface area contributed by atoms with Crippen LogP contribution in [0.2, 0.25) is 0 Å². The minimum atomic E-state index is -4.08. The fourth-order valence-electron chi connectivity index (χ4n) is 3.59. The number of aliphatic carboxylic acids is 1. The SMILES string of the molecule is CCCOc1ccc(S(=O)(=O)N2CCC[C@H]2C(=O)O)cc1-c1nc(C(C)C)c(Br)c(=O)[nH]1. The van der Waals surface area contributed by atoms with Crippen LogP contribution in [-0.4, -0.2) is 53.0 Å². The van der Waals surface area contributed by atoms with E-state index in [4.69, 9.17) is 4.74 Å². The summed E-state index contributed by atoms with van der Waals surface area (Å²) >= 11 is 3.26. The van der Waals surface area contributed by atoms with Crippen molar-refractivity contribution in [2.75, 3.05) is 13.2 Å². The number of carboxylic acids is 1. The summed E-state index contributed by atoms with van der Waals surface area (Å²) in [6, 6.07) is 3.19. The molecule has 0 spiro atoms. The van der Waals surface area contributed by atoms with Crippen molar-refractivity contribution in [3.8, 4) is 17.1 Å². The molecule has 3 rings (SSSR count). The van der Waals surface area contributed by atoms with Gasteiger partial charge in [0.05, 0.1) is 22.8 Å². The topological polar surface area (TPSA) is 130 Å². The molecule has 0 bridgehead atoms. The molecular formula is C21H26BrN3O6S. The van der Waals surface area contributed by atoms with Gasteiger partial charge in [0.15, 0.2) is 0 Å². The van der Waals surface area contributed by atoms with E-state index in [1.807, 2.05) is 20.8 Å². The number of benzene rings is 1. The number of hydrogen-bond acceptors (Lipinski definition) is 6. The minimum Gasteiger partial charge on any atom is -0.493 e. The molecule has 0 amide bonds. The summed E-state index contributed by atoms with van der Waals surface area (Å²) in [6.45, 7) is 6.25. The Kier molecular flexibility index (Phi) is 7.41. The summed E-state index contributed by atoms with van der Waals surface area (Å²) in [6.07, 6.45) is 1.47. The molecule has 2 N–H and O–H groups in total. The zero-order valence-corrected chi connectivity index (χ0v) is 20.5. The van der Waals surface area contributed by atoms with Crippen molar-refractivity contribution >= 4 is 31.9 Å². The molecule has 1 aliphatic heterocycles. The number of carboxylic acid groups (broad SMARTS) is 1. The molecule has 1 fully saturated rings. The third-order valence-electron chi connectivity index (χ3n) is 5.20. The van der Waals surface area contributed by atoms with Gasteiger partial charge in [-0.2, -0.15) is 4.31 Å². The molecule has 1 aliphatic rings. The van der Waals surface area contributed by atoms with Crippen LogP contribution in [0, 0.1) is 0 Å². The summed E-state index contributed by atoms with van der Waals surface area (Å²) in [5.41, 5.74) is 0.458. The summed E-state index contributed by atoms with van der Waals surface area (Å²) in [7, 11) is -4.08. The number of carbonyl (C=O) groups is 1. The lowest BCUT2D eigenvalue weighted by Gasteiger charge is -2.22. The second-order valence-corrected chi connectivity index (χ2v) is 10.6. The summed E-state index contributed by atoms with van der Waals surface area (Å²) in [4.78, 5) is 31.2. The molecule has 1 aromatic carbocycles. The predicted molar refractivity (Wildman–Crippen MR) is 122 cm³/mol. The van der Waals surface area contributed by atoms with E-state index in [1.165, 1.54) is 18.2 Å². The van der Waals surface area contributed by atoms with E-state index in [0.717, 1.165) is 10.7 Å². The lowest BCUT2D eigenvalue weighted by Crippen LogP contribution is -2.40. The Morgan fingerprint density at radius 2 is 2.12 bits per heavy atom. The molecule has 0 saturated carbocycles. The van der Waals surface area contributed by atoms with Gasteiger partial charge in [0.1, 0.15) is 22.1 Å². The number of rotatable bonds is 8. The van der Waals surface area contributed by atoms with Gasteiger partial charge in [-0.25, -0.2) is 13.4 Å². The smallest absolute Gasteiger partial charge is 0.322 e. The number of nitrogens with zero attached hydrogens (tertiary/aromatic N) is 2. The van der Waals surface area contributed by atoms with Gasteiger partial charge in [-0.1, -0.05) is 20.8 Å². The first-order valence-electron chi connectivity index (χ1n) is 10.4. The lowest BCUT2D eigenvalue weighted by molar-refractivity contribution is -0.140. The standard InChI is InChI=1S/C21H26BrN3O6S/c1-4-10-31-16-8-7-13(32(29,30)25-9-5-6-15(25)21(27)28)11-14(16)19-23-18(12(2)3)17(22)20(26)24-19/h7-8,11-12,15H,4-6,9-10H2,1-3H3,(H,27,28)(H,23,24,26)/t15-/m0/s1. The zero-order chi connectivity index (χ0) is 23.6. The summed E-state index contributed by atoms with van der Waals surface area (Å²) < 4.78 is 33.7. The van der Waals surface area contributed by atoms with Crippen LogP contribution in [0.1, 0.15) is 51.6 Å². The Morgan fingerprint density at radius 3 is 2.75 bits per heavy atom. The quantitative estimate of drug-likeness (QED) is 0.538. The van der Waals surface area contributed by atoms with Crippen molar-refractivity contribution < 1.29 is 23.1 Å². The Morgan fingerprint density at radius 1 is 1.41 bits per heavy atom. The third-order valence-corrected chi connectivity index (χ3v) is 7.87. The molecule has 2 aromatic rings. The first-order chi connectivity index (χ1) is 15.1. The van der Waals surface area contributed by atoms with Gasteiger partial charge in [0.2, 0.25) is 10.0 Å². The lowest BCUT2D eigenvalue weighted by atomic mass is 10.1. The van der Waals surface area contributed by atoms with Gasteiger partial charge in [-0.05, 0) is 59.3 Å². The Balaban J connectivity index is 2.17. The van der Waals surface area contributed by atoms with E-state index in [0.29, 0.717) is 34.5 Å². The van der Waals surface area contributed by atoms with Gasteiger partial charge in [0.25, 0.3) is 5.56 Å². The normalized spacial score (nSPS) is 17.1. The van der Waals surface area contributed by atoms with Crippen molar-refractivity contribution in [1.82, 2.24) is 14.3 Å². The highest BCUT2D eigenvalue weighted by Crippen LogP contribution is 2.34. The maximum atomic E-state index is 13.3. The number of hydrogen-bond donors (Lipinski definition) is 2. The van der Waals surface area contributed by atoms with Crippen molar-refractivity contribution in [2.45, 2.75) is 56.9 Å². The van der Waals surface area contributed by atoms with E-state index in [-0.39, 0.29) is 35.2 Å². The van der Waals surface area contributed by atoms with Gasteiger partial charge in [0, 0.05) is 6.54 Å². The van der Waals surface area contributed by atoms with Crippen LogP contribution in [0.25, 0.3) is 11.4 Å². The molecule has 1 aromatic heterocycles.